The van der Waals surface area contributed by atoms with E-state index in [-0.39, 0.29) is 35.5 Å². The number of thioether (sulfide) groups is 1. The van der Waals surface area contributed by atoms with E-state index in [9.17, 15) is 19.5 Å². The Balaban J connectivity index is 1.98. The van der Waals surface area contributed by atoms with Gasteiger partial charge in [-0.05, 0) is 32.1 Å². The molecule has 0 radical (unpaired) electrons. The Labute approximate surface area is 177 Å². The van der Waals surface area contributed by atoms with Gasteiger partial charge in [-0.2, -0.15) is 0 Å². The molecule has 3 unspecified atom stereocenters. The van der Waals surface area contributed by atoms with Crippen LogP contribution in [0.3, 0.4) is 0 Å². The third-order valence-electron chi connectivity index (χ3n) is 6.85. The van der Waals surface area contributed by atoms with Crippen molar-refractivity contribution in [2.24, 2.45) is 17.8 Å². The van der Waals surface area contributed by atoms with Crippen molar-refractivity contribution in [1.82, 2.24) is 15.5 Å². The Morgan fingerprint density at radius 3 is 2.55 bits per heavy atom. The minimum atomic E-state index is -0.645. The standard InChI is InChI=1S/C21H35N3O4S/c1-5-7-9-23-19(27)17-21-12(3)10-14(29-21)15(18(26)22-8-6-2)16(21)20(28)24(17)13(4)11-25/h12-17,25H,5-11H2,1-4H3,(H,22,26)(H,23,27)/t12?,13-,14+,15-,16+,17?,21?/m1/s1. The van der Waals surface area contributed by atoms with Crippen LogP contribution in [0.25, 0.3) is 0 Å². The number of unbranched alkanes of at least 4 members (excludes halogenated alkanes) is 1. The number of aliphatic hydroxyl groups is 1. The van der Waals surface area contributed by atoms with Crippen molar-refractivity contribution < 1.29 is 19.5 Å². The number of nitrogens with one attached hydrogen (secondary N) is 2. The highest BCUT2D eigenvalue weighted by atomic mass is 32.2. The van der Waals surface area contributed by atoms with Crippen LogP contribution in [0.4, 0.5) is 0 Å². The molecule has 1 spiro atoms. The predicted octanol–water partition coefficient (Wildman–Crippen LogP) is 1.15. The molecule has 0 saturated carbocycles. The van der Waals surface area contributed by atoms with Crippen LogP contribution in [0.15, 0.2) is 0 Å². The summed E-state index contributed by atoms with van der Waals surface area (Å²) in [5.41, 5.74) is 0. The maximum atomic E-state index is 13.6. The quantitative estimate of drug-likeness (QED) is 0.481. The third-order valence-corrected chi connectivity index (χ3v) is 8.93. The number of rotatable bonds is 9. The first kappa shape index (κ1) is 22.4. The maximum Gasteiger partial charge on any atom is 0.244 e. The summed E-state index contributed by atoms with van der Waals surface area (Å²) in [5, 5.41) is 15.9. The molecule has 29 heavy (non-hydrogen) atoms. The van der Waals surface area contributed by atoms with Crippen molar-refractivity contribution in [3.05, 3.63) is 0 Å². The first-order valence-electron chi connectivity index (χ1n) is 11.0. The normalized spacial score (nSPS) is 36.2. The Kier molecular flexibility index (Phi) is 6.83. The Bertz CT molecular complexity index is 660. The summed E-state index contributed by atoms with van der Waals surface area (Å²) in [6.45, 7) is 8.90. The maximum absolute atomic E-state index is 13.6. The zero-order valence-corrected chi connectivity index (χ0v) is 18.8. The van der Waals surface area contributed by atoms with Crippen molar-refractivity contribution in [3.8, 4) is 0 Å². The van der Waals surface area contributed by atoms with E-state index >= 15 is 0 Å². The highest BCUT2D eigenvalue weighted by Gasteiger charge is 2.76. The van der Waals surface area contributed by atoms with Crippen LogP contribution in [0, 0.1) is 17.8 Å². The lowest BCUT2D eigenvalue weighted by Gasteiger charge is -2.39. The fourth-order valence-corrected chi connectivity index (χ4v) is 7.88. The molecule has 3 amide bonds. The summed E-state index contributed by atoms with van der Waals surface area (Å²) >= 11 is 1.67. The van der Waals surface area contributed by atoms with E-state index in [1.54, 1.807) is 23.6 Å². The van der Waals surface area contributed by atoms with Crippen molar-refractivity contribution in [2.45, 2.75) is 75.5 Å². The summed E-state index contributed by atoms with van der Waals surface area (Å²) in [5.74, 6) is -1.13. The van der Waals surface area contributed by atoms with Crippen molar-refractivity contribution in [1.29, 1.82) is 0 Å². The zero-order valence-electron chi connectivity index (χ0n) is 17.9. The second-order valence-electron chi connectivity index (χ2n) is 8.77. The van der Waals surface area contributed by atoms with Gasteiger partial charge >= 0.3 is 0 Å². The number of hydrogen-bond donors (Lipinski definition) is 3. The molecule has 3 saturated heterocycles. The first-order chi connectivity index (χ1) is 13.8. The molecule has 3 aliphatic rings. The van der Waals surface area contributed by atoms with E-state index < -0.39 is 28.7 Å². The number of aliphatic hydroxyl groups excluding tert-OH is 1. The molecule has 3 N–H and O–H groups in total. The van der Waals surface area contributed by atoms with E-state index in [4.69, 9.17) is 0 Å². The third kappa shape index (κ3) is 3.46. The highest BCUT2D eigenvalue weighted by Crippen LogP contribution is 2.68. The second-order valence-corrected chi connectivity index (χ2v) is 10.3. The molecule has 2 bridgehead atoms. The summed E-state index contributed by atoms with van der Waals surface area (Å²) in [7, 11) is 0. The Hall–Kier alpha value is -1.28. The number of carbonyl (C=O) groups is 3. The zero-order chi connectivity index (χ0) is 21.3. The smallest absolute Gasteiger partial charge is 0.244 e. The average molecular weight is 426 g/mol. The van der Waals surface area contributed by atoms with Crippen LogP contribution in [-0.4, -0.2) is 69.5 Å². The van der Waals surface area contributed by atoms with Crippen LogP contribution in [0.5, 0.6) is 0 Å². The van der Waals surface area contributed by atoms with E-state index in [1.165, 1.54) is 0 Å². The van der Waals surface area contributed by atoms with Crippen LogP contribution in [0.1, 0.15) is 53.4 Å². The highest BCUT2D eigenvalue weighted by molar-refractivity contribution is 8.02. The number of hydrogen-bond acceptors (Lipinski definition) is 5. The molecule has 0 aromatic carbocycles. The number of likely N-dealkylation sites (tertiary alicyclic amines) is 1. The minimum absolute atomic E-state index is 0.0633. The van der Waals surface area contributed by atoms with Crippen molar-refractivity contribution >= 4 is 29.5 Å². The van der Waals surface area contributed by atoms with Crippen LogP contribution >= 0.6 is 11.8 Å². The number of amides is 3. The molecule has 3 aliphatic heterocycles. The molecular weight excluding hydrogens is 390 g/mol. The van der Waals surface area contributed by atoms with Crippen molar-refractivity contribution in [2.75, 3.05) is 19.7 Å². The molecule has 7 atom stereocenters. The molecule has 0 aromatic rings. The molecule has 0 aliphatic carbocycles. The van der Waals surface area contributed by atoms with Gasteiger partial charge in [0.05, 0.1) is 29.2 Å². The van der Waals surface area contributed by atoms with Gasteiger partial charge in [-0.3, -0.25) is 14.4 Å². The van der Waals surface area contributed by atoms with Gasteiger partial charge in [-0.15, -0.1) is 11.8 Å². The van der Waals surface area contributed by atoms with Gasteiger partial charge in [-0.1, -0.05) is 27.2 Å². The van der Waals surface area contributed by atoms with Gasteiger partial charge in [0.25, 0.3) is 0 Å². The van der Waals surface area contributed by atoms with Gasteiger partial charge in [0.2, 0.25) is 17.7 Å². The first-order valence-corrected chi connectivity index (χ1v) is 11.9. The summed E-state index contributed by atoms with van der Waals surface area (Å²) < 4.78 is -0.601. The molecule has 164 valence electrons. The van der Waals surface area contributed by atoms with E-state index in [0.717, 1.165) is 25.7 Å². The molecule has 3 rings (SSSR count). The van der Waals surface area contributed by atoms with Crippen LogP contribution < -0.4 is 10.6 Å². The molecule has 3 fully saturated rings. The molecule has 8 heteroatoms. The fourth-order valence-electron chi connectivity index (χ4n) is 5.47. The lowest BCUT2D eigenvalue weighted by molar-refractivity contribution is -0.142. The minimum Gasteiger partial charge on any atom is -0.394 e. The Morgan fingerprint density at radius 2 is 1.93 bits per heavy atom. The van der Waals surface area contributed by atoms with Crippen molar-refractivity contribution in [3.63, 3.8) is 0 Å². The van der Waals surface area contributed by atoms with Gasteiger partial charge in [0.1, 0.15) is 6.04 Å². The Morgan fingerprint density at radius 1 is 1.24 bits per heavy atom. The number of carbonyl (C=O) groups excluding carboxylic acids is 3. The van der Waals surface area contributed by atoms with Gasteiger partial charge in [-0.25, -0.2) is 0 Å². The van der Waals surface area contributed by atoms with Gasteiger partial charge in [0, 0.05) is 18.3 Å². The van der Waals surface area contributed by atoms with Crippen LogP contribution in [-0.2, 0) is 14.4 Å². The lowest BCUT2D eigenvalue weighted by Crippen LogP contribution is -2.58. The fraction of sp³-hybridized carbons (Fsp3) is 0.857. The molecule has 0 aromatic heterocycles. The summed E-state index contributed by atoms with van der Waals surface area (Å²) in [4.78, 5) is 41.5. The number of nitrogens with zero attached hydrogens (tertiary/aromatic N) is 1. The topological polar surface area (TPSA) is 98.7 Å². The largest absolute Gasteiger partial charge is 0.394 e. The van der Waals surface area contributed by atoms with Gasteiger partial charge in [0.15, 0.2) is 0 Å². The SMILES string of the molecule is CCCCNC(=O)C1N([C@H](C)CO)C(=O)[C@@H]2[C@H](C(=O)NCCC)[C@@H]3CC(C)C12S3. The lowest BCUT2D eigenvalue weighted by atomic mass is 9.66. The van der Waals surface area contributed by atoms with Gasteiger partial charge < -0.3 is 20.6 Å². The van der Waals surface area contributed by atoms with E-state index in [2.05, 4.69) is 24.5 Å². The van der Waals surface area contributed by atoms with Crippen LogP contribution in [0.2, 0.25) is 0 Å². The average Bonchev–Trinajstić information content (AvgIpc) is 3.29. The molecule has 7 nitrogen and oxygen atoms in total. The number of fused-ring (bicyclic) bond motifs is 1. The predicted molar refractivity (Wildman–Crippen MR) is 113 cm³/mol. The molecular formula is C21H35N3O4S. The second kappa shape index (κ2) is 8.84. The van der Waals surface area contributed by atoms with E-state index in [1.807, 2.05) is 6.92 Å². The monoisotopic (exact) mass is 425 g/mol. The van der Waals surface area contributed by atoms with E-state index in [0.29, 0.717) is 13.1 Å². The molecule has 3 heterocycles. The summed E-state index contributed by atoms with van der Waals surface area (Å²) in [6.07, 6.45) is 3.53. The summed E-state index contributed by atoms with van der Waals surface area (Å²) in [6, 6.07) is -1.11.